The van der Waals surface area contributed by atoms with Crippen LogP contribution in [0.15, 0.2) is 35.0 Å². The molecule has 0 bridgehead atoms. The maximum absolute atomic E-state index is 13.5. The molecule has 0 saturated heterocycles. The first-order chi connectivity index (χ1) is 9.69. The number of amidine groups is 1. The van der Waals surface area contributed by atoms with Crippen LogP contribution in [0.1, 0.15) is 36.8 Å². The molecule has 108 valence electrons. The Hall–Kier alpha value is -1.88. The van der Waals surface area contributed by atoms with Crippen molar-refractivity contribution in [3.8, 4) is 0 Å². The molecule has 0 atom stereocenters. The number of rotatable bonds is 6. The van der Waals surface area contributed by atoms with Crippen molar-refractivity contribution in [1.29, 1.82) is 0 Å². The third-order valence-electron chi connectivity index (χ3n) is 3.45. The molecule has 0 fully saturated rings. The van der Waals surface area contributed by atoms with E-state index in [1.165, 1.54) is 37.0 Å². The molecule has 0 heterocycles. The molecule has 0 saturated carbocycles. The van der Waals surface area contributed by atoms with Gasteiger partial charge in [-0.3, -0.25) is 0 Å². The van der Waals surface area contributed by atoms with Crippen molar-refractivity contribution in [2.75, 3.05) is 6.54 Å². The van der Waals surface area contributed by atoms with Gasteiger partial charge in [-0.25, -0.2) is 4.39 Å². The van der Waals surface area contributed by atoms with Gasteiger partial charge < -0.3 is 16.3 Å². The van der Waals surface area contributed by atoms with Crippen LogP contribution in [0.25, 0.3) is 0 Å². The Kier molecular flexibility index (Phi) is 5.12. The minimum atomic E-state index is -0.385. The number of nitrogens with two attached hydrogens (primary N) is 1. The van der Waals surface area contributed by atoms with Gasteiger partial charge in [0.2, 0.25) is 0 Å². The summed E-state index contributed by atoms with van der Waals surface area (Å²) >= 11 is 0. The van der Waals surface area contributed by atoms with Gasteiger partial charge in [-0.15, -0.1) is 0 Å². The second-order valence-electron chi connectivity index (χ2n) is 5.01. The molecule has 1 aliphatic rings. The Morgan fingerprint density at radius 3 is 2.95 bits per heavy atom. The van der Waals surface area contributed by atoms with Crippen molar-refractivity contribution in [3.63, 3.8) is 0 Å². The van der Waals surface area contributed by atoms with Crippen LogP contribution in [-0.4, -0.2) is 17.6 Å². The fraction of sp³-hybridized carbons (Fsp3) is 0.400. The second-order valence-corrected chi connectivity index (χ2v) is 5.01. The average Bonchev–Trinajstić information content (AvgIpc) is 2.95. The van der Waals surface area contributed by atoms with Crippen molar-refractivity contribution in [2.45, 2.75) is 32.2 Å². The summed E-state index contributed by atoms with van der Waals surface area (Å²) in [6.45, 7) is 1.44. The van der Waals surface area contributed by atoms with E-state index in [-0.39, 0.29) is 11.7 Å². The Balaban J connectivity index is 1.87. The first-order valence-electron chi connectivity index (χ1n) is 6.85. The van der Waals surface area contributed by atoms with Gasteiger partial charge in [0.05, 0.1) is 0 Å². The molecule has 2 rings (SSSR count). The number of hydrogen-bond donors (Lipinski definition) is 3. The topological polar surface area (TPSA) is 70.6 Å². The monoisotopic (exact) mass is 277 g/mol. The minimum Gasteiger partial charge on any atom is -0.409 e. The summed E-state index contributed by atoms with van der Waals surface area (Å²) in [6.07, 6.45) is 7.02. The van der Waals surface area contributed by atoms with E-state index < -0.39 is 0 Å². The molecule has 1 aliphatic carbocycles. The van der Waals surface area contributed by atoms with Crippen molar-refractivity contribution in [1.82, 2.24) is 5.32 Å². The molecule has 4 N–H and O–H groups in total. The molecule has 0 amide bonds. The summed E-state index contributed by atoms with van der Waals surface area (Å²) < 4.78 is 13.5. The second kappa shape index (κ2) is 7.05. The summed E-state index contributed by atoms with van der Waals surface area (Å²) in [7, 11) is 0. The lowest BCUT2D eigenvalue weighted by Crippen LogP contribution is -2.17. The number of benzene rings is 1. The largest absolute Gasteiger partial charge is 0.409 e. The van der Waals surface area contributed by atoms with Crippen LogP contribution >= 0.6 is 0 Å². The molecular formula is C15H20FN3O. The molecular weight excluding hydrogens is 257 g/mol. The Bertz CT molecular complexity index is 526. The van der Waals surface area contributed by atoms with Gasteiger partial charge in [-0.2, -0.15) is 0 Å². The van der Waals surface area contributed by atoms with E-state index in [1.807, 2.05) is 0 Å². The molecule has 1 aromatic rings. The van der Waals surface area contributed by atoms with Crippen molar-refractivity contribution in [2.24, 2.45) is 10.9 Å². The van der Waals surface area contributed by atoms with Gasteiger partial charge >= 0.3 is 0 Å². The highest BCUT2D eigenvalue weighted by atomic mass is 19.1. The molecule has 5 heteroatoms. The van der Waals surface area contributed by atoms with E-state index in [1.54, 1.807) is 6.07 Å². The highest BCUT2D eigenvalue weighted by molar-refractivity contribution is 5.97. The molecule has 20 heavy (non-hydrogen) atoms. The van der Waals surface area contributed by atoms with E-state index in [2.05, 4.69) is 16.5 Å². The van der Waals surface area contributed by atoms with E-state index >= 15 is 0 Å². The number of nitrogens with zero attached hydrogens (tertiary/aromatic N) is 1. The van der Waals surface area contributed by atoms with E-state index in [4.69, 9.17) is 10.9 Å². The third kappa shape index (κ3) is 4.06. The standard InChI is InChI=1S/C15H20FN3O/c16-14-8-12(7-13(9-14)15(17)19-20)10-18-6-5-11-3-1-2-4-11/h3,7-9,18,20H,1-2,4-6,10H2,(H2,17,19). The average molecular weight is 277 g/mol. The third-order valence-corrected chi connectivity index (χ3v) is 3.45. The highest BCUT2D eigenvalue weighted by Gasteiger charge is 2.06. The number of hydrogen-bond acceptors (Lipinski definition) is 3. The number of oxime groups is 1. The predicted octanol–water partition coefficient (Wildman–Crippen LogP) is 2.51. The Labute approximate surface area is 118 Å². The van der Waals surface area contributed by atoms with Crippen LogP contribution in [-0.2, 0) is 6.54 Å². The lowest BCUT2D eigenvalue weighted by Gasteiger charge is -2.08. The minimum absolute atomic E-state index is 0.0816. The fourth-order valence-corrected chi connectivity index (χ4v) is 2.40. The van der Waals surface area contributed by atoms with Crippen molar-refractivity contribution in [3.05, 3.63) is 46.8 Å². The Morgan fingerprint density at radius 2 is 2.25 bits per heavy atom. The van der Waals surface area contributed by atoms with Crippen molar-refractivity contribution >= 4 is 5.84 Å². The van der Waals surface area contributed by atoms with E-state index in [0.717, 1.165) is 18.5 Å². The molecule has 0 aliphatic heterocycles. The van der Waals surface area contributed by atoms with Crippen molar-refractivity contribution < 1.29 is 9.60 Å². The zero-order chi connectivity index (χ0) is 14.4. The number of nitrogens with one attached hydrogen (secondary N) is 1. The van der Waals surface area contributed by atoms with Gasteiger partial charge in [-0.05, 0) is 56.0 Å². The van der Waals surface area contributed by atoms with Gasteiger partial charge in [-0.1, -0.05) is 16.8 Å². The van der Waals surface area contributed by atoms with Crippen LogP contribution in [0.3, 0.4) is 0 Å². The summed E-state index contributed by atoms with van der Waals surface area (Å²) in [5.74, 6) is -0.466. The van der Waals surface area contributed by atoms with E-state index in [9.17, 15) is 4.39 Å². The predicted molar refractivity (Wildman–Crippen MR) is 77.2 cm³/mol. The van der Waals surface area contributed by atoms with Crippen LogP contribution < -0.4 is 11.1 Å². The molecule has 0 radical (unpaired) electrons. The van der Waals surface area contributed by atoms with Gasteiger partial charge in [0.25, 0.3) is 0 Å². The Morgan fingerprint density at radius 1 is 1.40 bits per heavy atom. The SMILES string of the molecule is N/C(=N/O)c1cc(F)cc(CNCCC2=CCCC2)c1. The van der Waals surface area contributed by atoms with Crippen LogP contribution in [0.4, 0.5) is 4.39 Å². The summed E-state index contributed by atoms with van der Waals surface area (Å²) in [5.41, 5.74) is 8.16. The molecule has 0 aromatic heterocycles. The summed E-state index contributed by atoms with van der Waals surface area (Å²) in [5, 5.41) is 14.8. The lowest BCUT2D eigenvalue weighted by molar-refractivity contribution is 0.318. The summed E-state index contributed by atoms with van der Waals surface area (Å²) in [4.78, 5) is 0. The van der Waals surface area contributed by atoms with Gasteiger partial charge in [0, 0.05) is 12.1 Å². The van der Waals surface area contributed by atoms with Crippen LogP contribution in [0.2, 0.25) is 0 Å². The first kappa shape index (κ1) is 14.5. The number of allylic oxidation sites excluding steroid dienone is 1. The zero-order valence-corrected chi connectivity index (χ0v) is 11.4. The van der Waals surface area contributed by atoms with Gasteiger partial charge in [0.1, 0.15) is 5.82 Å². The molecule has 0 spiro atoms. The zero-order valence-electron chi connectivity index (χ0n) is 11.4. The number of halogens is 1. The smallest absolute Gasteiger partial charge is 0.170 e. The quantitative estimate of drug-likeness (QED) is 0.187. The van der Waals surface area contributed by atoms with Gasteiger partial charge in [0.15, 0.2) is 5.84 Å². The molecule has 1 aromatic carbocycles. The maximum Gasteiger partial charge on any atom is 0.170 e. The summed E-state index contributed by atoms with van der Waals surface area (Å²) in [6, 6.07) is 4.43. The molecule has 4 nitrogen and oxygen atoms in total. The highest BCUT2D eigenvalue weighted by Crippen LogP contribution is 2.19. The van der Waals surface area contributed by atoms with E-state index in [0.29, 0.717) is 12.1 Å². The maximum atomic E-state index is 13.5. The lowest BCUT2D eigenvalue weighted by atomic mass is 10.1. The fourth-order valence-electron chi connectivity index (χ4n) is 2.40. The van der Waals surface area contributed by atoms with Crippen LogP contribution in [0, 0.1) is 5.82 Å². The molecule has 0 unspecified atom stereocenters. The van der Waals surface area contributed by atoms with Crippen LogP contribution in [0.5, 0.6) is 0 Å². The first-order valence-corrected chi connectivity index (χ1v) is 6.85. The normalized spacial score (nSPS) is 15.4.